The van der Waals surface area contributed by atoms with E-state index in [4.69, 9.17) is 28.4 Å². The smallest absolute Gasteiger partial charge is 0.334 e. The molecule has 4 atom stereocenters. The number of epoxide rings is 1. The molecular weight excluding hydrogens is 452 g/mol. The Hall–Kier alpha value is -3.26. The van der Waals surface area contributed by atoms with Gasteiger partial charge in [-0.1, -0.05) is 12.7 Å². The third-order valence-corrected chi connectivity index (χ3v) is 6.97. The van der Waals surface area contributed by atoms with Crippen LogP contribution < -0.4 is 14.2 Å². The second kappa shape index (κ2) is 10.2. The van der Waals surface area contributed by atoms with E-state index >= 15 is 0 Å². The second-order valence-electron chi connectivity index (χ2n) is 9.16. The largest absolute Gasteiger partial charge is 0.493 e. The van der Waals surface area contributed by atoms with Gasteiger partial charge in [0, 0.05) is 23.1 Å². The Kier molecular flexibility index (Phi) is 7.21. The molecule has 2 aliphatic heterocycles. The molecule has 3 aliphatic rings. The number of carbonyl (C=O) groups is 2. The number of benzene rings is 1. The average molecular weight is 485 g/mol. The van der Waals surface area contributed by atoms with Crippen molar-refractivity contribution in [2.45, 2.75) is 50.4 Å². The highest BCUT2D eigenvalue weighted by molar-refractivity contribution is 5.91. The maximum absolute atomic E-state index is 12.5. The lowest BCUT2D eigenvalue weighted by atomic mass is 9.84. The molecule has 1 aromatic rings. The lowest BCUT2D eigenvalue weighted by Gasteiger charge is -2.20. The van der Waals surface area contributed by atoms with E-state index in [2.05, 4.69) is 12.7 Å². The Morgan fingerprint density at radius 3 is 2.69 bits per heavy atom. The fraction of sp³-hybridized carbons (Fsp3) is 0.481. The molecule has 8 nitrogen and oxygen atoms in total. The number of fused-ring (bicyclic) bond motifs is 3. The van der Waals surface area contributed by atoms with Crippen molar-refractivity contribution in [2.24, 2.45) is 5.92 Å². The first-order chi connectivity index (χ1) is 16.8. The van der Waals surface area contributed by atoms with Crippen LogP contribution in [0.25, 0.3) is 6.08 Å². The van der Waals surface area contributed by atoms with E-state index in [0.29, 0.717) is 41.2 Å². The molecule has 0 aromatic heterocycles. The van der Waals surface area contributed by atoms with E-state index in [9.17, 15) is 9.59 Å². The Balaban J connectivity index is 1.40. The van der Waals surface area contributed by atoms with Crippen molar-refractivity contribution in [3.05, 3.63) is 47.6 Å². The zero-order valence-corrected chi connectivity index (χ0v) is 20.6. The van der Waals surface area contributed by atoms with Gasteiger partial charge < -0.3 is 28.4 Å². The first kappa shape index (κ1) is 24.9. The van der Waals surface area contributed by atoms with Crippen LogP contribution in [-0.2, 0) is 23.8 Å². The van der Waals surface area contributed by atoms with Gasteiger partial charge in [0.1, 0.15) is 18.8 Å². The van der Waals surface area contributed by atoms with Crippen molar-refractivity contribution in [1.29, 1.82) is 0 Å². The summed E-state index contributed by atoms with van der Waals surface area (Å²) < 4.78 is 33.2. The van der Waals surface area contributed by atoms with Gasteiger partial charge in [-0.3, -0.25) is 0 Å². The molecule has 0 N–H and O–H groups in total. The van der Waals surface area contributed by atoms with Gasteiger partial charge in [0.2, 0.25) is 5.75 Å². The molecule has 2 heterocycles. The molecule has 2 fully saturated rings. The highest BCUT2D eigenvalue weighted by atomic mass is 16.6. The van der Waals surface area contributed by atoms with Gasteiger partial charge in [-0.15, -0.1) is 0 Å². The number of hydrogen-bond acceptors (Lipinski definition) is 8. The Morgan fingerprint density at radius 1 is 1.20 bits per heavy atom. The van der Waals surface area contributed by atoms with Crippen molar-refractivity contribution in [3.8, 4) is 17.2 Å². The summed E-state index contributed by atoms with van der Waals surface area (Å²) in [6.45, 7) is 6.16. The van der Waals surface area contributed by atoms with E-state index in [0.717, 1.165) is 18.4 Å². The number of methoxy groups -OCH3 is 3. The van der Waals surface area contributed by atoms with E-state index in [1.807, 2.05) is 6.92 Å². The Labute approximate surface area is 205 Å². The average Bonchev–Trinajstić information content (AvgIpc) is 3.45. The monoisotopic (exact) mass is 484 g/mol. The van der Waals surface area contributed by atoms with Gasteiger partial charge in [0.05, 0.1) is 26.9 Å². The minimum atomic E-state index is -0.473. The molecule has 35 heavy (non-hydrogen) atoms. The summed E-state index contributed by atoms with van der Waals surface area (Å²) in [6, 6.07) is 3.51. The Bertz CT molecular complexity index is 1070. The quantitative estimate of drug-likeness (QED) is 0.248. The third kappa shape index (κ3) is 5.07. The highest BCUT2D eigenvalue weighted by Gasteiger charge is 2.61. The molecule has 0 unspecified atom stereocenters. The molecule has 0 spiro atoms. The van der Waals surface area contributed by atoms with Crippen molar-refractivity contribution < 1.29 is 38.0 Å². The molecule has 4 rings (SSSR count). The van der Waals surface area contributed by atoms with Crippen molar-refractivity contribution in [3.63, 3.8) is 0 Å². The van der Waals surface area contributed by atoms with Crippen molar-refractivity contribution in [1.82, 2.24) is 0 Å². The van der Waals surface area contributed by atoms with Crippen LogP contribution in [0.2, 0.25) is 0 Å². The number of rotatable bonds is 7. The van der Waals surface area contributed by atoms with Crippen LogP contribution in [0.15, 0.2) is 42.0 Å². The zero-order chi connectivity index (χ0) is 25.2. The van der Waals surface area contributed by atoms with Crippen LogP contribution in [0.5, 0.6) is 17.2 Å². The van der Waals surface area contributed by atoms with Crippen molar-refractivity contribution in [2.75, 3.05) is 27.9 Å². The fourth-order valence-electron chi connectivity index (χ4n) is 4.88. The summed E-state index contributed by atoms with van der Waals surface area (Å²) in [5.41, 5.74) is 1.85. The maximum Gasteiger partial charge on any atom is 0.334 e. The maximum atomic E-state index is 12.5. The number of carbonyl (C=O) groups excluding carboxylic acids is 2. The zero-order valence-electron chi connectivity index (χ0n) is 20.6. The lowest BCUT2D eigenvalue weighted by Crippen LogP contribution is -2.29. The number of hydrogen-bond donors (Lipinski definition) is 0. The van der Waals surface area contributed by atoms with Crippen molar-refractivity contribution >= 4 is 18.0 Å². The minimum absolute atomic E-state index is 0.0813. The predicted octanol–water partition coefficient (Wildman–Crippen LogP) is 4.02. The standard InChI is InChI=1S/C27H32O8/c1-16-19-11-8-17(7-6-14-27(2)25(35-27)23(19)34-26(16)29)15-33-21(28)13-10-18-9-12-20(30-3)24(32-5)22(18)31-4/h7,9-10,12-13,19,23,25H,1,6,8,11,14-15H2,2-5H3/b13-10+,17-7+/t19-,23-,25-,27+/m0/s1. The lowest BCUT2D eigenvalue weighted by molar-refractivity contribution is -0.140. The molecule has 0 amide bonds. The van der Waals surface area contributed by atoms with Crippen LogP contribution in [0.1, 0.15) is 38.2 Å². The van der Waals surface area contributed by atoms with Crippen LogP contribution >= 0.6 is 0 Å². The van der Waals surface area contributed by atoms with Crippen LogP contribution in [0.3, 0.4) is 0 Å². The van der Waals surface area contributed by atoms with Crippen LogP contribution in [0, 0.1) is 5.92 Å². The van der Waals surface area contributed by atoms with E-state index in [1.54, 1.807) is 25.3 Å². The second-order valence-corrected chi connectivity index (χ2v) is 9.16. The van der Waals surface area contributed by atoms with E-state index < -0.39 is 5.97 Å². The number of ether oxygens (including phenoxy) is 6. The molecule has 0 bridgehead atoms. The van der Waals surface area contributed by atoms with Gasteiger partial charge in [0.25, 0.3) is 0 Å². The minimum Gasteiger partial charge on any atom is -0.493 e. The SMILES string of the molecule is C=C1C(=O)O[C@H]2[C@H]1CC/C(COC(=O)/C=C/c1ccc(OC)c(OC)c1OC)=C\CC[C@@]1(C)O[C@@H]21. The van der Waals surface area contributed by atoms with E-state index in [1.165, 1.54) is 20.3 Å². The molecule has 0 saturated carbocycles. The molecule has 0 radical (unpaired) electrons. The van der Waals surface area contributed by atoms with Gasteiger partial charge in [-0.05, 0) is 56.4 Å². The molecule has 188 valence electrons. The molecule has 1 aliphatic carbocycles. The summed E-state index contributed by atoms with van der Waals surface area (Å²) in [4.78, 5) is 24.6. The summed E-state index contributed by atoms with van der Waals surface area (Å²) in [5, 5.41) is 0. The first-order valence-corrected chi connectivity index (χ1v) is 11.7. The van der Waals surface area contributed by atoms with Crippen LogP contribution in [-0.4, -0.2) is 57.7 Å². The van der Waals surface area contributed by atoms with E-state index in [-0.39, 0.29) is 36.3 Å². The third-order valence-electron chi connectivity index (χ3n) is 6.97. The normalized spacial score (nSPS) is 29.4. The predicted molar refractivity (Wildman–Crippen MR) is 128 cm³/mol. The van der Waals surface area contributed by atoms with Crippen LogP contribution in [0.4, 0.5) is 0 Å². The molecule has 8 heteroatoms. The fourth-order valence-corrected chi connectivity index (χ4v) is 4.88. The topological polar surface area (TPSA) is 92.8 Å². The van der Waals surface area contributed by atoms with Gasteiger partial charge in [-0.25, -0.2) is 9.59 Å². The Morgan fingerprint density at radius 2 is 1.97 bits per heavy atom. The first-order valence-electron chi connectivity index (χ1n) is 11.7. The molecule has 2 saturated heterocycles. The number of allylic oxidation sites excluding steroid dienone is 1. The summed E-state index contributed by atoms with van der Waals surface area (Å²) >= 11 is 0. The molecular formula is C27H32O8. The number of esters is 2. The van der Waals surface area contributed by atoms with Gasteiger partial charge in [0.15, 0.2) is 11.5 Å². The summed E-state index contributed by atoms with van der Waals surface area (Å²) in [7, 11) is 4.59. The summed E-state index contributed by atoms with van der Waals surface area (Å²) in [5.74, 6) is 0.529. The molecule has 1 aromatic carbocycles. The van der Waals surface area contributed by atoms with Gasteiger partial charge in [-0.2, -0.15) is 0 Å². The van der Waals surface area contributed by atoms with Gasteiger partial charge >= 0.3 is 11.9 Å². The highest BCUT2D eigenvalue weighted by Crippen LogP contribution is 2.49. The summed E-state index contributed by atoms with van der Waals surface area (Å²) in [6.07, 6.45) is 7.68.